The molecule has 2 heterocycles. The molecule has 4 aromatic rings. The first-order valence-corrected chi connectivity index (χ1v) is 12.1. The Labute approximate surface area is 211 Å². The maximum Gasteiger partial charge on any atom is 0.335 e. The van der Waals surface area contributed by atoms with Crippen LogP contribution in [0.3, 0.4) is 0 Å². The number of furan rings is 1. The predicted molar refractivity (Wildman–Crippen MR) is 134 cm³/mol. The van der Waals surface area contributed by atoms with Gasteiger partial charge >= 0.3 is 5.97 Å². The molecule has 1 fully saturated rings. The van der Waals surface area contributed by atoms with E-state index in [1.807, 2.05) is 24.3 Å². The van der Waals surface area contributed by atoms with Gasteiger partial charge in [0, 0.05) is 17.4 Å². The predicted octanol–water partition coefficient (Wildman–Crippen LogP) is 4.87. The van der Waals surface area contributed by atoms with Crippen LogP contribution in [-0.4, -0.2) is 34.1 Å². The largest absolute Gasteiger partial charge is 0.478 e. The van der Waals surface area contributed by atoms with E-state index in [2.05, 4.69) is 29.4 Å². The summed E-state index contributed by atoms with van der Waals surface area (Å²) in [6.45, 7) is 0. The second-order valence-corrected chi connectivity index (χ2v) is 9.58. The zero-order chi connectivity index (χ0) is 25.3. The molecule has 1 saturated heterocycles. The summed E-state index contributed by atoms with van der Waals surface area (Å²) in [6, 6.07) is 25.9. The summed E-state index contributed by atoms with van der Waals surface area (Å²) in [5.41, 5.74) is 5.35. The number of rotatable bonds is 4. The van der Waals surface area contributed by atoms with Gasteiger partial charge in [-0.25, -0.2) is 4.79 Å². The van der Waals surface area contributed by atoms with Crippen molar-refractivity contribution in [1.82, 2.24) is 5.01 Å². The zero-order valence-corrected chi connectivity index (χ0v) is 19.4. The van der Waals surface area contributed by atoms with Gasteiger partial charge in [0.05, 0.1) is 23.6 Å². The second kappa shape index (κ2) is 7.86. The highest BCUT2D eigenvalue weighted by Gasteiger charge is 2.61. The van der Waals surface area contributed by atoms with Gasteiger partial charge in [-0.15, -0.1) is 0 Å². The highest BCUT2D eigenvalue weighted by molar-refractivity contribution is 6.08. The van der Waals surface area contributed by atoms with Crippen LogP contribution in [0.15, 0.2) is 94.4 Å². The molecule has 8 rings (SSSR count). The Morgan fingerprint density at radius 1 is 0.757 bits per heavy atom. The Kier molecular flexibility index (Phi) is 4.57. The third kappa shape index (κ3) is 3.07. The fourth-order valence-electron chi connectivity index (χ4n) is 6.24. The van der Waals surface area contributed by atoms with E-state index in [9.17, 15) is 14.4 Å². The van der Waals surface area contributed by atoms with Crippen molar-refractivity contribution in [1.29, 1.82) is 0 Å². The first-order valence-electron chi connectivity index (χ1n) is 12.1. The fraction of sp³-hybridized carbons (Fsp3) is 0.133. The first kappa shape index (κ1) is 21.5. The quantitative estimate of drug-likeness (QED) is 0.326. The number of hydrogen-bond donors (Lipinski definition) is 1. The van der Waals surface area contributed by atoms with Crippen LogP contribution >= 0.6 is 0 Å². The van der Waals surface area contributed by atoms with Crippen LogP contribution < -0.4 is 0 Å². The molecular formula is C30H20N2O5. The number of imide groups is 1. The highest BCUT2D eigenvalue weighted by Crippen LogP contribution is 2.60. The average Bonchev–Trinajstić information content (AvgIpc) is 3.50. The molecule has 7 heteroatoms. The van der Waals surface area contributed by atoms with Crippen LogP contribution in [-0.2, 0) is 9.59 Å². The van der Waals surface area contributed by atoms with Crippen molar-refractivity contribution < 1.29 is 23.9 Å². The molecule has 7 nitrogen and oxygen atoms in total. The Morgan fingerprint density at radius 2 is 1.27 bits per heavy atom. The second-order valence-electron chi connectivity index (χ2n) is 9.58. The zero-order valence-electron chi connectivity index (χ0n) is 19.4. The van der Waals surface area contributed by atoms with E-state index in [0.717, 1.165) is 27.3 Å². The van der Waals surface area contributed by atoms with Crippen LogP contribution in [0.4, 0.5) is 0 Å². The van der Waals surface area contributed by atoms with Gasteiger partial charge in [0.1, 0.15) is 11.5 Å². The summed E-state index contributed by atoms with van der Waals surface area (Å²) in [5, 5.41) is 14.4. The number of benzene rings is 3. The van der Waals surface area contributed by atoms with Gasteiger partial charge in [-0.05, 0) is 46.5 Å². The van der Waals surface area contributed by atoms with Crippen molar-refractivity contribution in [2.24, 2.45) is 16.9 Å². The van der Waals surface area contributed by atoms with Gasteiger partial charge < -0.3 is 9.52 Å². The molecule has 3 aliphatic carbocycles. The number of nitrogens with zero attached hydrogens (tertiary/aromatic N) is 2. The van der Waals surface area contributed by atoms with Crippen LogP contribution in [0.5, 0.6) is 0 Å². The van der Waals surface area contributed by atoms with E-state index in [4.69, 9.17) is 9.52 Å². The van der Waals surface area contributed by atoms with E-state index in [1.165, 1.54) is 18.3 Å². The SMILES string of the molecule is O=C(O)c1ccc(-c2ccc(C=NN3C(=O)C4C5c6ccccc6C(c6ccccc65)C4C3=O)o2)cc1. The number of carboxylic acid groups (broad SMARTS) is 1. The van der Waals surface area contributed by atoms with Crippen LogP contribution in [0.2, 0.25) is 0 Å². The topological polar surface area (TPSA) is 100 Å². The molecule has 1 aliphatic heterocycles. The number of hydrazone groups is 1. The Morgan fingerprint density at radius 3 is 1.76 bits per heavy atom. The molecule has 2 amide bonds. The van der Waals surface area contributed by atoms with Crippen molar-refractivity contribution in [3.8, 4) is 11.3 Å². The molecule has 0 spiro atoms. The number of carboxylic acids is 1. The Balaban J connectivity index is 1.20. The summed E-state index contributed by atoms with van der Waals surface area (Å²) in [5.74, 6) is -2.01. The third-order valence-electron chi connectivity index (χ3n) is 7.77. The molecule has 180 valence electrons. The molecular weight excluding hydrogens is 468 g/mol. The van der Waals surface area contributed by atoms with E-state index < -0.39 is 17.8 Å². The summed E-state index contributed by atoms with van der Waals surface area (Å²) in [6.07, 6.45) is 1.38. The lowest BCUT2D eigenvalue weighted by Crippen LogP contribution is -2.41. The Hall–Kier alpha value is -4.78. The molecule has 2 unspecified atom stereocenters. The van der Waals surface area contributed by atoms with Gasteiger partial charge in [-0.2, -0.15) is 10.1 Å². The molecule has 0 saturated carbocycles. The number of carbonyl (C=O) groups is 3. The normalized spacial score (nSPS) is 23.3. The molecule has 4 aliphatic rings. The number of aromatic carboxylic acids is 1. The van der Waals surface area contributed by atoms with Gasteiger partial charge in [0.25, 0.3) is 11.8 Å². The number of hydrogen-bond acceptors (Lipinski definition) is 5. The minimum absolute atomic E-state index is 0.178. The van der Waals surface area contributed by atoms with Crippen molar-refractivity contribution in [2.45, 2.75) is 11.8 Å². The first-order chi connectivity index (χ1) is 18.0. The van der Waals surface area contributed by atoms with Crippen molar-refractivity contribution in [2.75, 3.05) is 0 Å². The average molecular weight is 488 g/mol. The van der Waals surface area contributed by atoms with Crippen LogP contribution in [0.25, 0.3) is 11.3 Å². The number of carbonyl (C=O) groups excluding carboxylic acids is 2. The summed E-state index contributed by atoms with van der Waals surface area (Å²) >= 11 is 0. The molecule has 2 atom stereocenters. The standard InChI is InChI=1S/C30H20N2O5/c33-28-26-24-19-5-1-2-6-20(19)25(22-8-4-3-7-21(22)24)27(26)29(34)32(28)31-15-18-13-14-23(37-18)16-9-11-17(12-10-16)30(35)36/h1-15,24-27H,(H,35,36). The van der Waals surface area contributed by atoms with Crippen molar-refractivity contribution >= 4 is 24.0 Å². The van der Waals surface area contributed by atoms with Crippen LogP contribution in [0.1, 0.15) is 50.2 Å². The summed E-state index contributed by atoms with van der Waals surface area (Å²) < 4.78 is 5.83. The van der Waals surface area contributed by atoms with E-state index in [1.54, 1.807) is 24.3 Å². The molecule has 1 N–H and O–H groups in total. The third-order valence-corrected chi connectivity index (χ3v) is 7.77. The van der Waals surface area contributed by atoms with Gasteiger partial charge in [0.2, 0.25) is 0 Å². The molecule has 1 aromatic heterocycles. The lowest BCUT2D eigenvalue weighted by molar-refractivity contribution is -0.139. The molecule has 3 aromatic carbocycles. The highest BCUT2D eigenvalue weighted by atomic mass is 16.4. The lowest BCUT2D eigenvalue weighted by Gasteiger charge is -2.45. The summed E-state index contributed by atoms with van der Waals surface area (Å²) in [4.78, 5) is 38.3. The minimum atomic E-state index is -1.00. The molecule has 2 bridgehead atoms. The Bertz CT molecular complexity index is 1520. The molecule has 0 radical (unpaired) electrons. The monoisotopic (exact) mass is 488 g/mol. The maximum absolute atomic E-state index is 13.6. The smallest absolute Gasteiger partial charge is 0.335 e. The fourth-order valence-corrected chi connectivity index (χ4v) is 6.24. The van der Waals surface area contributed by atoms with E-state index in [-0.39, 0.29) is 29.2 Å². The van der Waals surface area contributed by atoms with Crippen molar-refractivity contribution in [3.63, 3.8) is 0 Å². The van der Waals surface area contributed by atoms with Gasteiger partial charge in [-0.1, -0.05) is 60.7 Å². The van der Waals surface area contributed by atoms with Gasteiger partial charge in [-0.3, -0.25) is 9.59 Å². The van der Waals surface area contributed by atoms with Gasteiger partial charge in [0.15, 0.2) is 0 Å². The molecule has 37 heavy (non-hydrogen) atoms. The number of amides is 2. The van der Waals surface area contributed by atoms with Crippen LogP contribution in [0, 0.1) is 11.8 Å². The minimum Gasteiger partial charge on any atom is -0.478 e. The van der Waals surface area contributed by atoms with Crippen molar-refractivity contribution in [3.05, 3.63) is 119 Å². The summed E-state index contributed by atoms with van der Waals surface area (Å²) in [7, 11) is 0. The lowest BCUT2D eigenvalue weighted by atomic mass is 9.55. The maximum atomic E-state index is 13.6. The van der Waals surface area contributed by atoms with E-state index in [0.29, 0.717) is 17.1 Å². The van der Waals surface area contributed by atoms with E-state index >= 15 is 0 Å².